The van der Waals surface area contributed by atoms with E-state index in [-0.39, 0.29) is 0 Å². The molecule has 0 saturated heterocycles. The number of nitrogens with one attached hydrogen (secondary N) is 1. The maximum atomic E-state index is 5.92. The van der Waals surface area contributed by atoms with Crippen LogP contribution in [0.5, 0.6) is 0 Å². The van der Waals surface area contributed by atoms with Gasteiger partial charge in [-0.2, -0.15) is 0 Å². The summed E-state index contributed by atoms with van der Waals surface area (Å²) < 4.78 is 10.7. The first-order chi connectivity index (χ1) is 9.34. The molecule has 2 rings (SSSR count). The van der Waals surface area contributed by atoms with Crippen molar-refractivity contribution in [2.75, 3.05) is 13.2 Å². The largest absolute Gasteiger partial charge is 0.467 e. The van der Waals surface area contributed by atoms with Crippen molar-refractivity contribution in [3.8, 4) is 0 Å². The van der Waals surface area contributed by atoms with Gasteiger partial charge < -0.3 is 14.5 Å². The number of ether oxygens (including phenoxy) is 1. The minimum atomic E-state index is 0.543. The van der Waals surface area contributed by atoms with Gasteiger partial charge in [0.2, 0.25) is 0 Å². The minimum absolute atomic E-state index is 0.543. The van der Waals surface area contributed by atoms with E-state index in [1.165, 1.54) is 5.56 Å². The van der Waals surface area contributed by atoms with Crippen LogP contribution in [0, 0.1) is 0 Å². The lowest BCUT2D eigenvalue weighted by molar-refractivity contribution is 0.104. The second-order valence-corrected chi connectivity index (χ2v) is 4.73. The molecule has 3 nitrogen and oxygen atoms in total. The first-order valence-electron chi connectivity index (χ1n) is 6.40. The van der Waals surface area contributed by atoms with Gasteiger partial charge in [0.05, 0.1) is 6.26 Å². The molecule has 0 saturated carbocycles. The number of benzene rings is 1. The smallest absolute Gasteiger partial charge is 0.129 e. The van der Waals surface area contributed by atoms with Crippen LogP contribution in [-0.2, 0) is 17.9 Å². The van der Waals surface area contributed by atoms with Crippen LogP contribution in [0.15, 0.2) is 47.1 Å². The summed E-state index contributed by atoms with van der Waals surface area (Å²) in [7, 11) is 0. The van der Waals surface area contributed by atoms with Crippen molar-refractivity contribution in [2.45, 2.75) is 19.6 Å². The van der Waals surface area contributed by atoms with Crippen LogP contribution < -0.4 is 5.32 Å². The molecule has 0 spiro atoms. The van der Waals surface area contributed by atoms with Gasteiger partial charge in [-0.05, 0) is 42.8 Å². The number of rotatable bonds is 8. The van der Waals surface area contributed by atoms with E-state index in [0.717, 1.165) is 36.9 Å². The summed E-state index contributed by atoms with van der Waals surface area (Å²) in [6.07, 6.45) is 2.63. The van der Waals surface area contributed by atoms with E-state index in [2.05, 4.69) is 11.4 Å². The zero-order valence-electron chi connectivity index (χ0n) is 10.8. The Labute approximate surface area is 118 Å². The molecule has 0 aliphatic rings. The summed E-state index contributed by atoms with van der Waals surface area (Å²) in [5.41, 5.74) is 1.20. The van der Waals surface area contributed by atoms with Gasteiger partial charge in [0.15, 0.2) is 0 Å². The average Bonchev–Trinajstić information content (AvgIpc) is 2.91. The Kier molecular flexibility index (Phi) is 5.95. The molecule has 0 aliphatic heterocycles. The average molecular weight is 280 g/mol. The van der Waals surface area contributed by atoms with Crippen molar-refractivity contribution in [2.24, 2.45) is 0 Å². The van der Waals surface area contributed by atoms with Gasteiger partial charge in [0, 0.05) is 18.2 Å². The van der Waals surface area contributed by atoms with Crippen LogP contribution in [0.1, 0.15) is 17.7 Å². The van der Waals surface area contributed by atoms with Crippen molar-refractivity contribution in [3.05, 3.63) is 59.0 Å². The molecule has 1 N–H and O–H groups in total. The van der Waals surface area contributed by atoms with Crippen molar-refractivity contribution in [3.63, 3.8) is 0 Å². The quantitative estimate of drug-likeness (QED) is 0.749. The van der Waals surface area contributed by atoms with E-state index in [9.17, 15) is 0 Å². The third-order valence-electron chi connectivity index (χ3n) is 2.68. The summed E-state index contributed by atoms with van der Waals surface area (Å²) in [6.45, 7) is 3.02. The first kappa shape index (κ1) is 14.1. The van der Waals surface area contributed by atoms with E-state index in [1.54, 1.807) is 6.26 Å². The van der Waals surface area contributed by atoms with Crippen LogP contribution in [0.2, 0.25) is 5.02 Å². The van der Waals surface area contributed by atoms with E-state index in [1.807, 2.05) is 30.3 Å². The Bertz CT molecular complexity index is 471. The highest BCUT2D eigenvalue weighted by molar-refractivity contribution is 6.30. The Morgan fingerprint density at radius 1 is 1.21 bits per heavy atom. The lowest BCUT2D eigenvalue weighted by Crippen LogP contribution is -2.16. The van der Waals surface area contributed by atoms with Crippen LogP contribution >= 0.6 is 11.6 Å². The summed E-state index contributed by atoms with van der Waals surface area (Å²) in [5, 5.41) is 4.14. The zero-order chi connectivity index (χ0) is 13.3. The molecule has 2 aromatic rings. The fraction of sp³-hybridized carbons (Fsp3) is 0.333. The van der Waals surface area contributed by atoms with Gasteiger partial charge in [0.25, 0.3) is 0 Å². The molecule has 1 aromatic heterocycles. The highest BCUT2D eigenvalue weighted by atomic mass is 35.5. The van der Waals surface area contributed by atoms with E-state index >= 15 is 0 Å². The monoisotopic (exact) mass is 279 g/mol. The van der Waals surface area contributed by atoms with Crippen LogP contribution in [0.3, 0.4) is 0 Å². The predicted molar refractivity (Wildman–Crippen MR) is 76.1 cm³/mol. The lowest BCUT2D eigenvalue weighted by atomic mass is 10.2. The van der Waals surface area contributed by atoms with Gasteiger partial charge in [-0.25, -0.2) is 0 Å². The summed E-state index contributed by atoms with van der Waals surface area (Å²) >= 11 is 5.92. The highest BCUT2D eigenvalue weighted by Gasteiger charge is 1.96. The zero-order valence-corrected chi connectivity index (χ0v) is 11.5. The normalized spacial score (nSPS) is 10.8. The molecule has 0 amide bonds. The molecule has 4 heteroatoms. The highest BCUT2D eigenvalue weighted by Crippen LogP contribution is 2.10. The predicted octanol–water partition coefficient (Wildman–Crippen LogP) is 3.63. The molecule has 0 bridgehead atoms. The van der Waals surface area contributed by atoms with E-state index in [0.29, 0.717) is 6.61 Å². The Hall–Kier alpha value is -1.29. The van der Waals surface area contributed by atoms with Gasteiger partial charge in [-0.15, -0.1) is 0 Å². The molecule has 1 heterocycles. The molecule has 0 aliphatic carbocycles. The van der Waals surface area contributed by atoms with Crippen molar-refractivity contribution < 1.29 is 9.15 Å². The molecule has 0 radical (unpaired) electrons. The summed E-state index contributed by atoms with van der Waals surface area (Å²) in [5.74, 6) is 0.867. The van der Waals surface area contributed by atoms with Crippen molar-refractivity contribution in [1.29, 1.82) is 0 Å². The Balaban J connectivity index is 1.50. The number of halogens is 1. The van der Waals surface area contributed by atoms with Gasteiger partial charge in [-0.1, -0.05) is 23.7 Å². The number of furan rings is 1. The van der Waals surface area contributed by atoms with Gasteiger partial charge in [-0.3, -0.25) is 0 Å². The minimum Gasteiger partial charge on any atom is -0.467 e. The van der Waals surface area contributed by atoms with Gasteiger partial charge >= 0.3 is 0 Å². The number of hydrogen-bond donors (Lipinski definition) is 1. The molecular formula is C15H18ClNO2. The van der Waals surface area contributed by atoms with Crippen LogP contribution in [0.25, 0.3) is 0 Å². The summed E-state index contributed by atoms with van der Waals surface area (Å²) in [4.78, 5) is 0. The maximum Gasteiger partial charge on any atom is 0.129 e. The standard InChI is InChI=1S/C15H18ClNO2/c16-14-5-1-4-13(10-14)11-17-7-3-8-18-12-15-6-2-9-19-15/h1-2,4-6,9-10,17H,3,7-8,11-12H2. The van der Waals surface area contributed by atoms with Crippen molar-refractivity contribution in [1.82, 2.24) is 5.32 Å². The second-order valence-electron chi connectivity index (χ2n) is 4.29. The van der Waals surface area contributed by atoms with Crippen LogP contribution in [-0.4, -0.2) is 13.2 Å². The SMILES string of the molecule is Clc1cccc(CNCCCOCc2ccco2)c1. The topological polar surface area (TPSA) is 34.4 Å². The molecule has 0 fully saturated rings. The lowest BCUT2D eigenvalue weighted by Gasteiger charge is -2.05. The summed E-state index contributed by atoms with van der Waals surface area (Å²) in [6, 6.07) is 11.7. The molecule has 0 unspecified atom stereocenters. The molecular weight excluding hydrogens is 262 g/mol. The fourth-order valence-electron chi connectivity index (χ4n) is 1.75. The third-order valence-corrected chi connectivity index (χ3v) is 2.92. The fourth-order valence-corrected chi connectivity index (χ4v) is 1.96. The van der Waals surface area contributed by atoms with E-state index < -0.39 is 0 Å². The molecule has 0 atom stereocenters. The van der Waals surface area contributed by atoms with Crippen LogP contribution in [0.4, 0.5) is 0 Å². The number of hydrogen-bond acceptors (Lipinski definition) is 3. The van der Waals surface area contributed by atoms with Crippen molar-refractivity contribution >= 4 is 11.6 Å². The Morgan fingerprint density at radius 2 is 2.16 bits per heavy atom. The molecule has 19 heavy (non-hydrogen) atoms. The van der Waals surface area contributed by atoms with Gasteiger partial charge in [0.1, 0.15) is 12.4 Å². The maximum absolute atomic E-state index is 5.92. The molecule has 102 valence electrons. The van der Waals surface area contributed by atoms with E-state index in [4.69, 9.17) is 20.8 Å². The Morgan fingerprint density at radius 3 is 2.95 bits per heavy atom. The second kappa shape index (κ2) is 8.00. The third kappa shape index (κ3) is 5.47. The first-order valence-corrected chi connectivity index (χ1v) is 6.78. The molecule has 1 aromatic carbocycles.